The van der Waals surface area contributed by atoms with Gasteiger partial charge in [-0.15, -0.1) is 0 Å². The van der Waals surface area contributed by atoms with Gasteiger partial charge in [-0.1, -0.05) is 0 Å². The summed E-state index contributed by atoms with van der Waals surface area (Å²) in [6, 6.07) is 0. The van der Waals surface area contributed by atoms with Crippen LogP contribution in [0, 0.1) is 13.8 Å². The fourth-order valence-corrected chi connectivity index (χ4v) is 41.4. The molecule has 1 atom stereocenters. The van der Waals surface area contributed by atoms with Gasteiger partial charge in [-0.2, -0.15) is 0 Å². The second-order valence-corrected chi connectivity index (χ2v) is 66.7. The minimum atomic E-state index is -4.12. The van der Waals surface area contributed by atoms with Gasteiger partial charge in [0.1, 0.15) is 0 Å². The largest absolute Gasteiger partial charge is 0.717 e. The van der Waals surface area contributed by atoms with Crippen molar-refractivity contribution in [2.75, 3.05) is 0 Å². The number of rotatable bonds is 28. The van der Waals surface area contributed by atoms with Gasteiger partial charge in [-0.25, -0.2) is 0 Å². The molecule has 1 unspecified atom stereocenters. The second kappa shape index (κ2) is 24.2. The SMILES string of the molecule is Cc1c(C)c(C([Si]O[Si])=C(O[Si](O[Si](C)(C)C)(O[Si](C)(C)C)O[Si](C)(C)C)[Si](C)(C)O[Si](C)(C(O[Si](C)(C)C)O[Si](C)(C)C)C(C)(C)O[Si](C)(C)C)c([Si]O[Si])c([Si]O[Si])c1[Si]O[Si]. The molecule has 0 bridgehead atoms. The van der Waals surface area contributed by atoms with Gasteiger partial charge in [0, 0.05) is 5.20 Å². The molecule has 29 heteroatoms. The van der Waals surface area contributed by atoms with Crippen molar-refractivity contribution in [1.82, 2.24) is 0 Å². The maximum Gasteiger partial charge on any atom is 0.717 e. The van der Waals surface area contributed by atoms with Crippen molar-refractivity contribution < 1.29 is 50.6 Å². The van der Waals surface area contributed by atoms with E-state index < -0.39 is 86.7 Å². The highest BCUT2D eigenvalue weighted by atomic mass is 28.5. The molecule has 0 saturated heterocycles. The Morgan fingerprint density at radius 2 is 0.875 bits per heavy atom. The van der Waals surface area contributed by atoms with Crippen LogP contribution < -0.4 is 15.6 Å². The highest BCUT2D eigenvalue weighted by Gasteiger charge is 2.63. The van der Waals surface area contributed by atoms with E-state index >= 15 is 0 Å². The van der Waals surface area contributed by atoms with E-state index in [-0.39, 0.29) is 39.1 Å². The Morgan fingerprint density at radius 1 is 0.484 bits per heavy atom. The van der Waals surface area contributed by atoms with Crippen molar-refractivity contribution in [3.63, 3.8) is 0 Å². The number of hydrogen-bond acceptors (Lipinski definition) is 12. The molecule has 1 aromatic carbocycles. The van der Waals surface area contributed by atoms with Gasteiger partial charge >= 0.3 is 9.05 Å². The molecule has 0 aromatic heterocycles. The van der Waals surface area contributed by atoms with Crippen LogP contribution in [0.1, 0.15) is 30.5 Å². The van der Waals surface area contributed by atoms with E-state index in [9.17, 15) is 0 Å². The third-order valence-corrected chi connectivity index (χ3v) is 37.6. The monoisotopic (exact) mass is 1160 g/mol. The summed E-state index contributed by atoms with van der Waals surface area (Å²) < 4.78 is 83.0. The van der Waals surface area contributed by atoms with Crippen molar-refractivity contribution in [3.8, 4) is 0 Å². The van der Waals surface area contributed by atoms with Crippen molar-refractivity contribution in [3.05, 3.63) is 22.1 Å². The summed E-state index contributed by atoms with van der Waals surface area (Å²) in [6.07, 6.45) is 0. The Balaban J connectivity index is 5.14. The van der Waals surface area contributed by atoms with E-state index in [2.05, 4.69) is 207 Å². The maximum absolute atomic E-state index is 8.16. The molecule has 0 aliphatic rings. The highest BCUT2D eigenvalue weighted by molar-refractivity contribution is 6.94. The molecule has 0 aliphatic heterocycles. The molecular formula is C35H76O12Si17. The lowest BCUT2D eigenvalue weighted by molar-refractivity contribution is 0.0204. The summed E-state index contributed by atoms with van der Waals surface area (Å²) in [7, 11) is -12.2. The maximum atomic E-state index is 8.16. The van der Waals surface area contributed by atoms with Gasteiger partial charge in [0.05, 0.1) is 10.6 Å². The third-order valence-electron chi connectivity index (χ3n) is 8.81. The summed E-state index contributed by atoms with van der Waals surface area (Å²) in [6.45, 7) is 54.4. The Kier molecular flexibility index (Phi) is 24.2. The summed E-state index contributed by atoms with van der Waals surface area (Å²) in [4.78, 5) is 0. The fraction of sp³-hybridized carbons (Fsp3) is 0.771. The van der Waals surface area contributed by atoms with Gasteiger partial charge in [0.15, 0.2) is 55.8 Å². The van der Waals surface area contributed by atoms with Gasteiger partial charge in [0.2, 0.25) is 50.3 Å². The lowest BCUT2D eigenvalue weighted by Crippen LogP contribution is -2.73. The van der Waals surface area contributed by atoms with Crippen molar-refractivity contribution in [2.45, 2.75) is 176 Å². The van der Waals surface area contributed by atoms with Crippen molar-refractivity contribution >= 4 is 177 Å². The van der Waals surface area contributed by atoms with Crippen LogP contribution in [0.2, 0.25) is 137 Å². The number of benzene rings is 1. The quantitative estimate of drug-likeness (QED) is 0.0575. The Labute approximate surface area is 423 Å². The summed E-state index contributed by atoms with van der Waals surface area (Å²) in [5, 5.41) is 3.42. The first-order valence-corrected chi connectivity index (χ1v) is 54.0. The first kappa shape index (κ1) is 64.0. The van der Waals surface area contributed by atoms with Crippen LogP contribution in [0.4, 0.5) is 0 Å². The molecular weight excluding hydrogens is 1090 g/mol. The average molecular weight is 1170 g/mol. The molecule has 1 aromatic rings. The predicted octanol–water partition coefficient (Wildman–Crippen LogP) is 5.81. The molecule has 0 aliphatic carbocycles. The van der Waals surface area contributed by atoms with Crippen LogP contribution in [0.3, 0.4) is 0 Å². The number of hydrogen-bond donors (Lipinski definition) is 0. The van der Waals surface area contributed by atoms with E-state index in [1.54, 1.807) is 0 Å². The van der Waals surface area contributed by atoms with E-state index in [0.29, 0.717) is 5.38 Å². The van der Waals surface area contributed by atoms with Crippen molar-refractivity contribution in [1.29, 1.82) is 0 Å². The van der Waals surface area contributed by atoms with Gasteiger partial charge in [-0.05, 0) is 197 Å². The molecule has 64 heavy (non-hydrogen) atoms. The Hall–Kier alpha value is 2.01. The first-order valence-electron chi connectivity index (χ1n) is 21.3. The topological polar surface area (TPSA) is 111 Å². The molecule has 1 rings (SSSR count). The van der Waals surface area contributed by atoms with Crippen LogP contribution in [0.25, 0.3) is 5.20 Å². The van der Waals surface area contributed by atoms with E-state index in [1.807, 2.05) is 0 Å². The second-order valence-electron chi connectivity index (χ2n) is 22.8. The van der Waals surface area contributed by atoms with E-state index in [4.69, 9.17) is 50.6 Å². The summed E-state index contributed by atoms with van der Waals surface area (Å²) in [5.41, 5.74) is 2.92. The molecule has 0 N–H and O–H groups in total. The molecule has 356 valence electrons. The third kappa shape index (κ3) is 20.3. The van der Waals surface area contributed by atoms with Gasteiger partial charge in [-0.3, -0.25) is 0 Å². The molecule has 0 amide bonds. The van der Waals surface area contributed by atoms with E-state index in [1.165, 1.54) is 0 Å². The Bertz CT molecular complexity index is 1660. The molecule has 12 nitrogen and oxygen atoms in total. The van der Waals surface area contributed by atoms with Crippen LogP contribution in [-0.2, 0) is 50.6 Å². The first-order chi connectivity index (χ1) is 28.4. The molecule has 0 fully saturated rings. The lowest BCUT2D eigenvalue weighted by Gasteiger charge is -2.53. The molecule has 0 heterocycles. The lowest BCUT2D eigenvalue weighted by atomic mass is 10.0. The predicted molar refractivity (Wildman–Crippen MR) is 294 cm³/mol. The van der Waals surface area contributed by atoms with Crippen molar-refractivity contribution in [2.24, 2.45) is 0 Å². The van der Waals surface area contributed by atoms with Gasteiger partial charge < -0.3 is 50.6 Å². The van der Waals surface area contributed by atoms with Crippen LogP contribution in [-0.4, -0.2) is 168 Å². The molecule has 0 spiro atoms. The standard InChI is InChI=1S/C35H76O12Si17/c1-26-27(2)29(52-40-48)32(55-43-51)30(53-41-49)28(26)31(54-42-50)33(36-64(44-59(14,15)16,45-60(17,18)19)46-61(20,21)22)62(23,24)47-63(25,35(3,4)39-58(11,12)13)34(37-56(5,6)7)38-57(8,9)10/h34H,1-25H3. The summed E-state index contributed by atoms with van der Waals surface area (Å²) >= 11 is 0. The Morgan fingerprint density at radius 3 is 1.22 bits per heavy atom. The smallest absolute Gasteiger partial charge is 0.487 e. The fourth-order valence-electron chi connectivity index (χ4n) is 6.70. The van der Waals surface area contributed by atoms with Crippen LogP contribution in [0.15, 0.2) is 5.38 Å². The zero-order valence-electron chi connectivity index (χ0n) is 43.5. The zero-order chi connectivity index (χ0) is 50.5. The minimum absolute atomic E-state index is 0.0101. The average Bonchev–Trinajstić information content (AvgIpc) is 3.01. The normalized spacial score (nSPS) is 15.8. The zero-order valence-corrected chi connectivity index (χ0v) is 60.5. The highest BCUT2D eigenvalue weighted by Crippen LogP contribution is 2.42. The summed E-state index contributed by atoms with van der Waals surface area (Å²) in [5.74, 6) is -0.657. The van der Waals surface area contributed by atoms with Crippen LogP contribution in [0.5, 0.6) is 0 Å². The molecule has 0 saturated carbocycles. The van der Waals surface area contributed by atoms with Gasteiger partial charge in [0.25, 0.3) is 47.4 Å². The van der Waals surface area contributed by atoms with Crippen LogP contribution >= 0.6 is 0 Å². The minimum Gasteiger partial charge on any atom is -0.487 e. The molecule has 20 radical (unpaired) electrons. The van der Waals surface area contributed by atoms with E-state index in [0.717, 1.165) is 37.4 Å².